The molecule has 2 aliphatic carbocycles. The molecule has 3 aromatic carbocycles. The summed E-state index contributed by atoms with van der Waals surface area (Å²) in [7, 11) is 1.48. The molecule has 3 aliphatic rings. The van der Waals surface area contributed by atoms with Crippen LogP contribution in [0.5, 0.6) is 17.2 Å². The number of amides is 2. The van der Waals surface area contributed by atoms with Gasteiger partial charge in [0.25, 0.3) is 5.91 Å². The number of ether oxygens (including phenoxy) is 3. The summed E-state index contributed by atoms with van der Waals surface area (Å²) in [5.74, 6) is 0.724. The number of anilines is 1. The Morgan fingerprint density at radius 3 is 2.56 bits per heavy atom. The molecule has 50 heavy (non-hydrogen) atoms. The van der Waals surface area contributed by atoms with Crippen molar-refractivity contribution in [3.63, 3.8) is 0 Å². The van der Waals surface area contributed by atoms with Gasteiger partial charge in [-0.05, 0) is 98.5 Å². The zero-order valence-electron chi connectivity index (χ0n) is 28.6. The van der Waals surface area contributed by atoms with E-state index in [-0.39, 0.29) is 11.8 Å². The van der Waals surface area contributed by atoms with Gasteiger partial charge in [0.05, 0.1) is 31.6 Å². The lowest BCUT2D eigenvalue weighted by Gasteiger charge is -2.40. The van der Waals surface area contributed by atoms with Crippen LogP contribution in [0.25, 0.3) is 28.2 Å². The van der Waals surface area contributed by atoms with Crippen molar-refractivity contribution in [1.29, 1.82) is 0 Å². The molecule has 10 heteroatoms. The minimum atomic E-state index is -1.06. The summed E-state index contributed by atoms with van der Waals surface area (Å²) in [6.45, 7) is 3.68. The number of hydrogen-bond donors (Lipinski definition) is 3. The minimum absolute atomic E-state index is 0.302. The van der Waals surface area contributed by atoms with Crippen molar-refractivity contribution in [3.05, 3.63) is 77.4 Å². The van der Waals surface area contributed by atoms with Gasteiger partial charge in [-0.3, -0.25) is 9.59 Å². The van der Waals surface area contributed by atoms with Crippen molar-refractivity contribution >= 4 is 40.4 Å². The molecule has 0 saturated heterocycles. The summed E-state index contributed by atoms with van der Waals surface area (Å²) >= 11 is 0. The second-order valence-electron chi connectivity index (χ2n) is 13.4. The van der Waals surface area contributed by atoms with Crippen LogP contribution in [0.4, 0.5) is 5.69 Å². The molecule has 2 fully saturated rings. The number of nitrogens with zero attached hydrogens (tertiary/aromatic N) is 1. The van der Waals surface area contributed by atoms with E-state index in [4.69, 9.17) is 19.3 Å². The predicted molar refractivity (Wildman–Crippen MR) is 192 cm³/mol. The second kappa shape index (κ2) is 13.9. The molecule has 2 saturated carbocycles. The van der Waals surface area contributed by atoms with Crippen LogP contribution in [0.15, 0.2) is 60.7 Å². The Morgan fingerprint density at radius 1 is 1.02 bits per heavy atom. The molecule has 260 valence electrons. The molecule has 10 nitrogen and oxygen atoms in total. The molecule has 0 unspecified atom stereocenters. The van der Waals surface area contributed by atoms with Gasteiger partial charge in [-0.15, -0.1) is 0 Å². The molecule has 1 aromatic heterocycles. The molecular weight excluding hydrogens is 634 g/mol. The summed E-state index contributed by atoms with van der Waals surface area (Å²) in [6.07, 6.45) is 10.2. The van der Waals surface area contributed by atoms with Gasteiger partial charge in [-0.25, -0.2) is 4.79 Å². The smallest absolute Gasteiger partial charge is 0.328 e. The first-order valence-electron chi connectivity index (χ1n) is 17.6. The maximum atomic E-state index is 14.0. The van der Waals surface area contributed by atoms with Crippen LogP contribution in [0.1, 0.15) is 85.7 Å². The van der Waals surface area contributed by atoms with Crippen molar-refractivity contribution in [2.75, 3.05) is 25.6 Å². The van der Waals surface area contributed by atoms with Crippen LogP contribution in [0, 0.1) is 0 Å². The maximum Gasteiger partial charge on any atom is 0.328 e. The Balaban J connectivity index is 1.20. The van der Waals surface area contributed by atoms with Crippen molar-refractivity contribution in [2.24, 2.45) is 0 Å². The highest BCUT2D eigenvalue weighted by Crippen LogP contribution is 2.48. The third kappa shape index (κ3) is 6.30. The summed E-state index contributed by atoms with van der Waals surface area (Å²) < 4.78 is 19.9. The number of carbonyl (C=O) groups excluding carboxylic acids is 2. The number of aliphatic carboxylic acids is 1. The number of rotatable bonds is 10. The zero-order valence-corrected chi connectivity index (χ0v) is 28.6. The highest BCUT2D eigenvalue weighted by Gasteiger charge is 2.46. The zero-order chi connectivity index (χ0) is 34.8. The van der Waals surface area contributed by atoms with E-state index in [1.165, 1.54) is 38.0 Å². The Kier molecular flexibility index (Phi) is 9.27. The van der Waals surface area contributed by atoms with Crippen LogP contribution in [0.3, 0.4) is 0 Å². The first kappa shape index (κ1) is 33.3. The highest BCUT2D eigenvalue weighted by atomic mass is 16.5. The van der Waals surface area contributed by atoms with Gasteiger partial charge in [-0.2, -0.15) is 0 Å². The molecule has 2 heterocycles. The number of benzene rings is 3. The summed E-state index contributed by atoms with van der Waals surface area (Å²) in [4.78, 5) is 38.7. The summed E-state index contributed by atoms with van der Waals surface area (Å²) in [5.41, 5.74) is 5.01. The molecule has 0 bridgehead atoms. The van der Waals surface area contributed by atoms with E-state index in [1.54, 1.807) is 18.2 Å². The van der Waals surface area contributed by atoms with Crippen LogP contribution in [-0.2, 0) is 16.1 Å². The molecule has 4 aromatic rings. The lowest BCUT2D eigenvalue weighted by atomic mass is 9.75. The standard InChI is InChI=1S/C40H43N3O7/c1-3-49-28-13-15-30-33(24-28)50-21-20-43-32-23-27(12-14-29(32)36(37(30)43)26-8-5-4-6-9-26)38(46)42-40(18-7-19-40)39(47)41-31-16-10-25(11-17-35(44)45)22-34(31)48-2/h10-17,22-24,26H,3-9,18-21H2,1-2H3,(H,41,47)(H,42,46)(H,44,45). The molecule has 0 spiro atoms. The van der Waals surface area contributed by atoms with Crippen LogP contribution in [-0.4, -0.2) is 53.3 Å². The SMILES string of the molecule is CCOc1ccc2c(c1)OCCn1c-2c(C2CCCCC2)c2ccc(C(=O)NC3(C(=O)Nc4ccc(C=CC(=O)O)cc4OC)CCC3)cc21. The average Bonchev–Trinajstić information content (AvgIpc) is 3.30. The fourth-order valence-corrected chi connectivity index (χ4v) is 7.72. The van der Waals surface area contributed by atoms with Crippen molar-refractivity contribution < 1.29 is 33.7 Å². The number of aromatic nitrogens is 1. The van der Waals surface area contributed by atoms with E-state index in [1.807, 2.05) is 31.2 Å². The first-order chi connectivity index (χ1) is 24.3. The van der Waals surface area contributed by atoms with Crippen LogP contribution >= 0.6 is 0 Å². The van der Waals surface area contributed by atoms with E-state index in [0.29, 0.717) is 61.1 Å². The van der Waals surface area contributed by atoms with Crippen molar-refractivity contribution in [3.8, 4) is 28.5 Å². The number of hydrogen-bond acceptors (Lipinski definition) is 6. The quantitative estimate of drug-likeness (QED) is 0.148. The van der Waals surface area contributed by atoms with Crippen LogP contribution < -0.4 is 24.8 Å². The van der Waals surface area contributed by atoms with Gasteiger partial charge in [0.15, 0.2) is 0 Å². The van der Waals surface area contributed by atoms with Crippen LogP contribution in [0.2, 0.25) is 0 Å². The van der Waals surface area contributed by atoms with Gasteiger partial charge in [0.2, 0.25) is 5.91 Å². The van der Waals surface area contributed by atoms with Crippen molar-refractivity contribution in [2.45, 2.75) is 76.3 Å². The Labute approximate surface area is 291 Å². The average molecular weight is 678 g/mol. The third-order valence-corrected chi connectivity index (χ3v) is 10.4. The molecule has 7 rings (SSSR count). The molecule has 0 radical (unpaired) electrons. The Bertz CT molecular complexity index is 1980. The number of fused-ring (bicyclic) bond motifs is 5. The largest absolute Gasteiger partial charge is 0.495 e. The summed E-state index contributed by atoms with van der Waals surface area (Å²) in [5, 5.41) is 16.2. The number of nitrogens with one attached hydrogen (secondary N) is 2. The normalized spacial score (nSPS) is 16.8. The lowest BCUT2D eigenvalue weighted by molar-refractivity contribution is -0.131. The lowest BCUT2D eigenvalue weighted by Crippen LogP contribution is -2.61. The number of carboxylic acid groups (broad SMARTS) is 1. The fourth-order valence-electron chi connectivity index (χ4n) is 7.72. The van der Waals surface area contributed by atoms with E-state index in [0.717, 1.165) is 59.0 Å². The third-order valence-electron chi connectivity index (χ3n) is 10.4. The van der Waals surface area contributed by atoms with E-state index < -0.39 is 11.5 Å². The van der Waals surface area contributed by atoms with E-state index in [9.17, 15) is 14.4 Å². The predicted octanol–water partition coefficient (Wildman–Crippen LogP) is 7.54. The van der Waals surface area contributed by atoms with Gasteiger partial charge in [0, 0.05) is 34.2 Å². The summed E-state index contributed by atoms with van der Waals surface area (Å²) in [6, 6.07) is 17.1. The number of carbonyl (C=O) groups is 3. The van der Waals surface area contributed by atoms with E-state index >= 15 is 0 Å². The van der Waals surface area contributed by atoms with Gasteiger partial charge in [0.1, 0.15) is 29.4 Å². The van der Waals surface area contributed by atoms with Gasteiger partial charge >= 0.3 is 5.97 Å². The second-order valence-corrected chi connectivity index (χ2v) is 13.4. The van der Waals surface area contributed by atoms with Gasteiger partial charge < -0.3 is 34.5 Å². The van der Waals surface area contributed by atoms with Crippen molar-refractivity contribution in [1.82, 2.24) is 9.88 Å². The topological polar surface area (TPSA) is 128 Å². The molecule has 2 amide bonds. The number of carboxylic acids is 1. The molecule has 0 atom stereocenters. The molecule has 1 aliphatic heterocycles. The highest BCUT2D eigenvalue weighted by molar-refractivity contribution is 6.06. The maximum absolute atomic E-state index is 14.0. The van der Waals surface area contributed by atoms with Gasteiger partial charge in [-0.1, -0.05) is 31.4 Å². The number of methoxy groups -OCH3 is 1. The molecular formula is C40H43N3O7. The Hall–Kier alpha value is -5.25. The fraction of sp³-hybridized carbons (Fsp3) is 0.375. The monoisotopic (exact) mass is 677 g/mol. The Morgan fingerprint density at radius 2 is 1.84 bits per heavy atom. The minimum Gasteiger partial charge on any atom is -0.495 e. The first-order valence-corrected chi connectivity index (χ1v) is 17.6. The molecule has 3 N–H and O–H groups in total. The van der Waals surface area contributed by atoms with E-state index in [2.05, 4.69) is 27.3 Å².